The van der Waals surface area contributed by atoms with E-state index < -0.39 is 0 Å². The van der Waals surface area contributed by atoms with Crippen molar-refractivity contribution in [3.8, 4) is 0 Å². The Morgan fingerprint density at radius 2 is 1.65 bits per heavy atom. The summed E-state index contributed by atoms with van der Waals surface area (Å²) < 4.78 is 0. The lowest BCUT2D eigenvalue weighted by Gasteiger charge is -2.36. The maximum absolute atomic E-state index is 6.12. The molecular formula is C16H23N. The van der Waals surface area contributed by atoms with Gasteiger partial charge in [0.2, 0.25) is 0 Å². The van der Waals surface area contributed by atoms with Gasteiger partial charge in [-0.2, -0.15) is 0 Å². The summed E-state index contributed by atoms with van der Waals surface area (Å²) >= 11 is 0. The van der Waals surface area contributed by atoms with Crippen molar-refractivity contribution in [3.05, 3.63) is 47.2 Å². The number of allylic oxidation sites excluding steroid dienone is 7. The quantitative estimate of drug-likeness (QED) is 0.727. The minimum Gasteiger partial charge on any atom is -0.399 e. The predicted molar refractivity (Wildman–Crippen MR) is 74.2 cm³/mol. The molecule has 0 heterocycles. The van der Waals surface area contributed by atoms with Crippen LogP contribution in [0.1, 0.15) is 27.7 Å². The van der Waals surface area contributed by atoms with E-state index >= 15 is 0 Å². The normalized spacial score (nSPS) is 37.3. The molecular weight excluding hydrogens is 206 g/mol. The van der Waals surface area contributed by atoms with Crippen LogP contribution in [-0.2, 0) is 0 Å². The van der Waals surface area contributed by atoms with Crippen LogP contribution in [-0.4, -0.2) is 0 Å². The fraction of sp³-hybridized carbons (Fsp3) is 0.500. The Bertz CT molecular complexity index is 423. The third kappa shape index (κ3) is 2.11. The highest BCUT2D eigenvalue weighted by atomic mass is 14.6. The lowest BCUT2D eigenvalue weighted by molar-refractivity contribution is 0.317. The van der Waals surface area contributed by atoms with Crippen molar-refractivity contribution in [2.24, 2.45) is 29.4 Å². The van der Waals surface area contributed by atoms with Crippen LogP contribution in [0.3, 0.4) is 0 Å². The standard InChI is InChI=1S/C16H23N/c1-10-7-5-6-8-14(10)15-9-11(2)16(17)13(4)12(15)3/h5-10,12,14-15H,17H2,1-4H3/t10?,12-,14?,15-/m1/s1. The molecule has 0 saturated carbocycles. The molecule has 2 rings (SSSR count). The molecule has 2 aliphatic carbocycles. The molecule has 0 fully saturated rings. The maximum atomic E-state index is 6.12. The smallest absolute Gasteiger partial charge is 0.0332 e. The molecule has 4 atom stereocenters. The summed E-state index contributed by atoms with van der Waals surface area (Å²) in [5.41, 5.74) is 9.72. The Morgan fingerprint density at radius 1 is 1.00 bits per heavy atom. The summed E-state index contributed by atoms with van der Waals surface area (Å²) in [5.74, 6) is 2.34. The molecule has 0 aliphatic heterocycles. The Morgan fingerprint density at radius 3 is 2.29 bits per heavy atom. The van der Waals surface area contributed by atoms with Crippen molar-refractivity contribution < 1.29 is 0 Å². The summed E-state index contributed by atoms with van der Waals surface area (Å²) in [6.45, 7) is 8.91. The third-order valence-corrected chi connectivity index (χ3v) is 4.46. The van der Waals surface area contributed by atoms with Gasteiger partial charge in [-0.3, -0.25) is 0 Å². The van der Waals surface area contributed by atoms with Crippen LogP contribution < -0.4 is 5.73 Å². The van der Waals surface area contributed by atoms with Crippen LogP contribution >= 0.6 is 0 Å². The lowest BCUT2D eigenvalue weighted by Crippen LogP contribution is -2.29. The van der Waals surface area contributed by atoms with Gasteiger partial charge >= 0.3 is 0 Å². The maximum Gasteiger partial charge on any atom is 0.0332 e. The van der Waals surface area contributed by atoms with E-state index in [1.165, 1.54) is 11.1 Å². The molecule has 0 aromatic heterocycles. The van der Waals surface area contributed by atoms with Crippen LogP contribution in [0.25, 0.3) is 0 Å². The number of nitrogens with two attached hydrogens (primary N) is 1. The largest absolute Gasteiger partial charge is 0.399 e. The molecule has 1 nitrogen and oxygen atoms in total. The molecule has 0 saturated heterocycles. The van der Waals surface area contributed by atoms with E-state index in [0.717, 1.165) is 5.70 Å². The van der Waals surface area contributed by atoms with Crippen LogP contribution in [0.5, 0.6) is 0 Å². The van der Waals surface area contributed by atoms with Crippen LogP contribution in [0.4, 0.5) is 0 Å². The number of rotatable bonds is 1. The Kier molecular flexibility index (Phi) is 3.28. The molecule has 0 radical (unpaired) electrons. The predicted octanol–water partition coefficient (Wildman–Crippen LogP) is 3.81. The van der Waals surface area contributed by atoms with E-state index in [4.69, 9.17) is 5.73 Å². The summed E-state index contributed by atoms with van der Waals surface area (Å²) in [6, 6.07) is 0. The molecule has 0 bridgehead atoms. The topological polar surface area (TPSA) is 26.0 Å². The first-order valence-electron chi connectivity index (χ1n) is 6.52. The molecule has 92 valence electrons. The average molecular weight is 229 g/mol. The van der Waals surface area contributed by atoms with Gasteiger partial charge in [0.1, 0.15) is 0 Å². The molecule has 17 heavy (non-hydrogen) atoms. The summed E-state index contributed by atoms with van der Waals surface area (Å²) in [6.07, 6.45) is 11.4. The van der Waals surface area contributed by atoms with Crippen LogP contribution in [0, 0.1) is 23.7 Å². The van der Waals surface area contributed by atoms with Crippen molar-refractivity contribution in [3.63, 3.8) is 0 Å². The third-order valence-electron chi connectivity index (χ3n) is 4.46. The zero-order chi connectivity index (χ0) is 12.6. The minimum absolute atomic E-state index is 0.544. The van der Waals surface area contributed by atoms with E-state index in [2.05, 4.69) is 58.1 Å². The van der Waals surface area contributed by atoms with E-state index in [-0.39, 0.29) is 0 Å². The molecule has 0 spiro atoms. The van der Waals surface area contributed by atoms with E-state index in [1.807, 2.05) is 0 Å². The van der Waals surface area contributed by atoms with E-state index in [1.54, 1.807) is 0 Å². The first kappa shape index (κ1) is 12.2. The highest BCUT2D eigenvalue weighted by Gasteiger charge is 2.31. The zero-order valence-electron chi connectivity index (χ0n) is 11.3. The van der Waals surface area contributed by atoms with Crippen molar-refractivity contribution in [2.45, 2.75) is 27.7 Å². The van der Waals surface area contributed by atoms with Crippen molar-refractivity contribution in [1.29, 1.82) is 0 Å². The second kappa shape index (κ2) is 4.56. The Hall–Kier alpha value is -1.24. The fourth-order valence-electron chi connectivity index (χ4n) is 3.03. The van der Waals surface area contributed by atoms with Gasteiger partial charge in [0.15, 0.2) is 0 Å². The summed E-state index contributed by atoms with van der Waals surface area (Å²) in [5, 5.41) is 0. The van der Waals surface area contributed by atoms with Crippen LogP contribution in [0.2, 0.25) is 0 Å². The summed E-state index contributed by atoms with van der Waals surface area (Å²) in [4.78, 5) is 0. The molecule has 0 aromatic rings. The highest BCUT2D eigenvalue weighted by molar-refractivity contribution is 5.37. The zero-order valence-corrected chi connectivity index (χ0v) is 11.3. The van der Waals surface area contributed by atoms with Gasteiger partial charge in [0.25, 0.3) is 0 Å². The number of hydrogen-bond acceptors (Lipinski definition) is 1. The van der Waals surface area contributed by atoms with Gasteiger partial charge in [-0.1, -0.05) is 44.2 Å². The minimum atomic E-state index is 0.544. The second-order valence-electron chi connectivity index (χ2n) is 5.52. The first-order valence-corrected chi connectivity index (χ1v) is 6.52. The van der Waals surface area contributed by atoms with Gasteiger partial charge in [-0.15, -0.1) is 0 Å². The Labute approximate surface area is 105 Å². The summed E-state index contributed by atoms with van der Waals surface area (Å²) in [7, 11) is 0. The van der Waals surface area contributed by atoms with Gasteiger partial charge < -0.3 is 5.73 Å². The molecule has 0 aromatic carbocycles. The molecule has 0 amide bonds. The Balaban J connectivity index is 2.30. The lowest BCUT2D eigenvalue weighted by atomic mass is 9.69. The van der Waals surface area contributed by atoms with Crippen LogP contribution in [0.15, 0.2) is 47.2 Å². The SMILES string of the molecule is CC1=C[C@@H](C2C=CC=CC2C)[C@H](C)C(C)=C1N. The van der Waals surface area contributed by atoms with Crippen molar-refractivity contribution >= 4 is 0 Å². The van der Waals surface area contributed by atoms with E-state index in [0.29, 0.717) is 23.7 Å². The molecule has 2 N–H and O–H groups in total. The fourth-order valence-corrected chi connectivity index (χ4v) is 3.03. The van der Waals surface area contributed by atoms with Gasteiger partial charge in [-0.25, -0.2) is 0 Å². The monoisotopic (exact) mass is 229 g/mol. The number of hydrogen-bond donors (Lipinski definition) is 1. The first-order chi connectivity index (χ1) is 8.02. The molecule has 2 aliphatic rings. The van der Waals surface area contributed by atoms with Gasteiger partial charge in [0.05, 0.1) is 0 Å². The van der Waals surface area contributed by atoms with E-state index in [9.17, 15) is 0 Å². The average Bonchev–Trinajstić information content (AvgIpc) is 2.32. The molecule has 2 unspecified atom stereocenters. The van der Waals surface area contributed by atoms with Crippen molar-refractivity contribution in [1.82, 2.24) is 0 Å². The van der Waals surface area contributed by atoms with Gasteiger partial charge in [-0.05, 0) is 48.7 Å². The van der Waals surface area contributed by atoms with Gasteiger partial charge in [0, 0.05) is 5.70 Å². The van der Waals surface area contributed by atoms with Crippen molar-refractivity contribution in [2.75, 3.05) is 0 Å². The molecule has 1 heteroatoms. The second-order valence-corrected chi connectivity index (χ2v) is 5.52. The highest BCUT2D eigenvalue weighted by Crippen LogP contribution is 2.40.